The molecule has 18 heavy (non-hydrogen) atoms. The normalized spacial score (nSPS) is 10.1. The summed E-state index contributed by atoms with van der Waals surface area (Å²) in [5.41, 5.74) is -0.899. The average Bonchev–Trinajstić information content (AvgIpc) is 2.31. The molecule has 0 spiro atoms. The van der Waals surface area contributed by atoms with E-state index in [-0.39, 0.29) is 18.0 Å². The van der Waals surface area contributed by atoms with E-state index in [2.05, 4.69) is 5.32 Å². The number of hydrogen-bond acceptors (Lipinski definition) is 3. The number of aromatic carboxylic acids is 1. The lowest BCUT2D eigenvalue weighted by Gasteiger charge is -2.07. The smallest absolute Gasteiger partial charge is 0.341 e. The fourth-order valence-corrected chi connectivity index (χ4v) is 1.41. The molecule has 0 saturated carbocycles. The van der Waals surface area contributed by atoms with Crippen LogP contribution < -0.4 is 10.7 Å². The topological polar surface area (TPSA) is 88.4 Å². The molecule has 1 rings (SSSR count). The second-order valence-corrected chi connectivity index (χ2v) is 3.90. The van der Waals surface area contributed by atoms with Crippen LogP contribution in [0.25, 0.3) is 0 Å². The Labute approximate surface area is 104 Å². The van der Waals surface area contributed by atoms with Gasteiger partial charge in [-0.2, -0.15) is 0 Å². The maximum Gasteiger partial charge on any atom is 0.341 e. The quantitative estimate of drug-likeness (QED) is 0.720. The van der Waals surface area contributed by atoms with Crippen molar-refractivity contribution in [3.05, 3.63) is 34.2 Å². The molecular weight excluding hydrogens is 236 g/mol. The second-order valence-electron chi connectivity index (χ2n) is 3.90. The third-order valence-electron chi connectivity index (χ3n) is 2.39. The lowest BCUT2D eigenvalue weighted by Crippen LogP contribution is -2.29. The van der Waals surface area contributed by atoms with Crippen molar-refractivity contribution >= 4 is 11.9 Å². The molecule has 0 saturated heterocycles. The third kappa shape index (κ3) is 4.04. The zero-order chi connectivity index (χ0) is 13.5. The van der Waals surface area contributed by atoms with Crippen molar-refractivity contribution in [3.8, 4) is 0 Å². The van der Waals surface area contributed by atoms with E-state index in [4.69, 9.17) is 5.11 Å². The molecule has 0 atom stereocenters. The molecule has 0 radical (unpaired) electrons. The minimum atomic E-state index is -1.29. The van der Waals surface area contributed by atoms with Crippen molar-refractivity contribution in [2.24, 2.45) is 0 Å². The zero-order valence-electron chi connectivity index (χ0n) is 10.2. The first kappa shape index (κ1) is 14.0. The number of carbonyl (C=O) groups excluding carboxylic acids is 1. The highest BCUT2D eigenvalue weighted by Crippen LogP contribution is 1.93. The predicted molar refractivity (Wildman–Crippen MR) is 65.6 cm³/mol. The van der Waals surface area contributed by atoms with E-state index in [0.717, 1.165) is 18.9 Å². The molecule has 0 aliphatic rings. The number of carbonyl (C=O) groups is 2. The van der Waals surface area contributed by atoms with Gasteiger partial charge in [0.25, 0.3) is 0 Å². The summed E-state index contributed by atoms with van der Waals surface area (Å²) in [5, 5.41) is 11.5. The van der Waals surface area contributed by atoms with Gasteiger partial charge in [-0.05, 0) is 6.42 Å². The van der Waals surface area contributed by atoms with Crippen LogP contribution in [0.5, 0.6) is 0 Å². The molecular formula is C12H16N2O4. The van der Waals surface area contributed by atoms with Crippen molar-refractivity contribution < 1.29 is 14.7 Å². The molecule has 0 fully saturated rings. The highest BCUT2D eigenvalue weighted by atomic mass is 16.4. The van der Waals surface area contributed by atoms with E-state index < -0.39 is 11.4 Å². The number of pyridine rings is 1. The summed E-state index contributed by atoms with van der Waals surface area (Å²) in [6.07, 6.45) is 4.45. The summed E-state index contributed by atoms with van der Waals surface area (Å²) in [6.45, 7) is 2.62. The summed E-state index contributed by atoms with van der Waals surface area (Å²) in [6, 6.07) is 1.14. The number of unbranched alkanes of at least 4 members (excludes halogenated alkanes) is 1. The first-order valence-electron chi connectivity index (χ1n) is 5.74. The Morgan fingerprint density at radius 3 is 2.78 bits per heavy atom. The van der Waals surface area contributed by atoms with Crippen molar-refractivity contribution in [3.63, 3.8) is 0 Å². The molecule has 1 heterocycles. The van der Waals surface area contributed by atoms with E-state index in [0.29, 0.717) is 6.54 Å². The van der Waals surface area contributed by atoms with E-state index in [9.17, 15) is 14.4 Å². The summed E-state index contributed by atoms with van der Waals surface area (Å²) in [5.74, 6) is -1.50. The van der Waals surface area contributed by atoms with Crippen molar-refractivity contribution in [1.29, 1.82) is 0 Å². The predicted octanol–water partition coefficient (Wildman–Crippen LogP) is 0.463. The van der Waals surface area contributed by atoms with Crippen LogP contribution in [0.1, 0.15) is 30.1 Å². The van der Waals surface area contributed by atoms with Gasteiger partial charge in [-0.25, -0.2) is 4.79 Å². The molecule has 98 valence electrons. The first-order valence-corrected chi connectivity index (χ1v) is 5.74. The highest BCUT2D eigenvalue weighted by Gasteiger charge is 2.09. The molecule has 0 aromatic carbocycles. The van der Waals surface area contributed by atoms with Gasteiger partial charge in [0.05, 0.1) is 0 Å². The zero-order valence-corrected chi connectivity index (χ0v) is 10.2. The lowest BCUT2D eigenvalue weighted by atomic mass is 10.3. The van der Waals surface area contributed by atoms with Crippen molar-refractivity contribution in [2.45, 2.75) is 26.3 Å². The Balaban J connectivity index is 2.68. The molecule has 6 heteroatoms. The van der Waals surface area contributed by atoms with Crippen molar-refractivity contribution in [2.75, 3.05) is 6.54 Å². The van der Waals surface area contributed by atoms with Gasteiger partial charge in [0.15, 0.2) is 5.43 Å². The maximum atomic E-state index is 11.5. The van der Waals surface area contributed by atoms with Crippen LogP contribution in [-0.4, -0.2) is 28.1 Å². The van der Waals surface area contributed by atoms with Crippen LogP contribution in [0.15, 0.2) is 23.3 Å². The van der Waals surface area contributed by atoms with Crippen LogP contribution >= 0.6 is 0 Å². The fraction of sp³-hybridized carbons (Fsp3) is 0.417. The molecule has 0 aliphatic heterocycles. The Hall–Kier alpha value is -2.11. The monoisotopic (exact) mass is 252 g/mol. The number of amides is 1. The number of nitrogens with zero attached hydrogens (tertiary/aromatic N) is 1. The third-order valence-corrected chi connectivity index (χ3v) is 2.39. The van der Waals surface area contributed by atoms with Crippen LogP contribution in [-0.2, 0) is 11.3 Å². The largest absolute Gasteiger partial charge is 0.477 e. The summed E-state index contributed by atoms with van der Waals surface area (Å²) in [7, 11) is 0. The van der Waals surface area contributed by atoms with Gasteiger partial charge in [-0.3, -0.25) is 9.59 Å². The molecule has 0 aliphatic carbocycles. The molecule has 1 aromatic heterocycles. The van der Waals surface area contributed by atoms with Gasteiger partial charge in [0.1, 0.15) is 12.1 Å². The Morgan fingerprint density at radius 1 is 1.44 bits per heavy atom. The summed E-state index contributed by atoms with van der Waals surface area (Å²) < 4.78 is 1.38. The Bertz CT molecular complexity index is 493. The van der Waals surface area contributed by atoms with E-state index in [1.807, 2.05) is 6.92 Å². The Kier molecular flexibility index (Phi) is 5.10. The van der Waals surface area contributed by atoms with Crippen LogP contribution in [0.3, 0.4) is 0 Å². The lowest BCUT2D eigenvalue weighted by molar-refractivity contribution is -0.121. The Morgan fingerprint density at radius 2 is 2.17 bits per heavy atom. The number of aromatic nitrogens is 1. The molecule has 1 amide bonds. The van der Waals surface area contributed by atoms with Gasteiger partial charge < -0.3 is 15.0 Å². The summed E-state index contributed by atoms with van der Waals surface area (Å²) in [4.78, 5) is 33.5. The minimum Gasteiger partial charge on any atom is -0.477 e. The molecule has 0 unspecified atom stereocenters. The second kappa shape index (κ2) is 6.58. The maximum absolute atomic E-state index is 11.5. The molecule has 1 aromatic rings. The van der Waals surface area contributed by atoms with Gasteiger partial charge in [0.2, 0.25) is 5.91 Å². The number of carboxylic acids is 1. The molecule has 0 bridgehead atoms. The molecule has 6 nitrogen and oxygen atoms in total. The standard InChI is InChI=1S/C12H16N2O4/c1-2-3-5-13-11(16)8-14-6-4-10(15)9(7-14)12(17)18/h4,6-7H,2-3,5,8H2,1H3,(H,13,16)(H,17,18). The summed E-state index contributed by atoms with van der Waals surface area (Å²) >= 11 is 0. The van der Waals surface area contributed by atoms with Gasteiger partial charge in [0, 0.05) is 25.0 Å². The number of nitrogens with one attached hydrogen (secondary N) is 1. The SMILES string of the molecule is CCCCNC(=O)Cn1ccc(=O)c(C(=O)O)c1. The van der Waals surface area contributed by atoms with Crippen LogP contribution in [0.4, 0.5) is 0 Å². The van der Waals surface area contributed by atoms with E-state index in [1.54, 1.807) is 0 Å². The van der Waals surface area contributed by atoms with E-state index >= 15 is 0 Å². The average molecular weight is 252 g/mol. The highest BCUT2D eigenvalue weighted by molar-refractivity contribution is 5.87. The minimum absolute atomic E-state index is 0.00424. The van der Waals surface area contributed by atoms with Crippen LogP contribution in [0, 0.1) is 0 Å². The molecule has 2 N–H and O–H groups in total. The van der Waals surface area contributed by atoms with Crippen molar-refractivity contribution in [1.82, 2.24) is 9.88 Å². The fourth-order valence-electron chi connectivity index (χ4n) is 1.41. The number of hydrogen-bond donors (Lipinski definition) is 2. The van der Waals surface area contributed by atoms with Gasteiger partial charge >= 0.3 is 5.97 Å². The number of carboxylic acid groups (broad SMARTS) is 1. The van der Waals surface area contributed by atoms with Gasteiger partial charge in [-0.15, -0.1) is 0 Å². The number of rotatable bonds is 6. The van der Waals surface area contributed by atoms with E-state index in [1.165, 1.54) is 17.0 Å². The van der Waals surface area contributed by atoms with Gasteiger partial charge in [-0.1, -0.05) is 13.3 Å². The van der Waals surface area contributed by atoms with Crippen LogP contribution in [0.2, 0.25) is 0 Å². The first-order chi connectivity index (χ1) is 8.54.